The Balaban J connectivity index is 1.83. The fourth-order valence-electron chi connectivity index (χ4n) is 3.94. The molecule has 5 rings (SSSR count). The van der Waals surface area contributed by atoms with Gasteiger partial charge in [-0.2, -0.15) is 4.68 Å². The lowest BCUT2D eigenvalue weighted by atomic mass is 10.1. The average molecular weight is 394 g/mol. The lowest BCUT2D eigenvalue weighted by molar-refractivity contribution is -0.0447. The number of hydrogen-bond acceptors (Lipinski definition) is 7. The van der Waals surface area contributed by atoms with Crippen LogP contribution in [0.2, 0.25) is 0 Å². The van der Waals surface area contributed by atoms with Crippen molar-refractivity contribution < 1.29 is 14.3 Å². The van der Waals surface area contributed by atoms with E-state index in [0.717, 1.165) is 23.9 Å². The molecule has 1 saturated heterocycles. The van der Waals surface area contributed by atoms with Crippen LogP contribution in [0.4, 0.5) is 0 Å². The van der Waals surface area contributed by atoms with Crippen LogP contribution in [0.5, 0.6) is 0 Å². The number of para-hydroxylation sites is 2. The third-order valence-electron chi connectivity index (χ3n) is 5.31. The molecule has 1 aromatic carbocycles. The molecule has 10 heteroatoms. The first-order valence-corrected chi connectivity index (χ1v) is 9.20. The largest absolute Gasteiger partial charge is 0.464 e. The number of aromatic nitrogens is 6. The minimum absolute atomic E-state index is 0.0286. The third kappa shape index (κ3) is 2.49. The molecule has 0 radical (unpaired) electrons. The van der Waals surface area contributed by atoms with Crippen molar-refractivity contribution in [3.8, 4) is 5.82 Å². The van der Waals surface area contributed by atoms with E-state index in [9.17, 15) is 9.59 Å². The molecule has 29 heavy (non-hydrogen) atoms. The molecule has 1 aliphatic heterocycles. The molecule has 4 aromatic rings. The highest BCUT2D eigenvalue weighted by Gasteiger charge is 2.35. The third-order valence-corrected chi connectivity index (χ3v) is 5.31. The summed E-state index contributed by atoms with van der Waals surface area (Å²) in [6.45, 7) is 2.52. The van der Waals surface area contributed by atoms with Crippen LogP contribution >= 0.6 is 0 Å². The van der Waals surface area contributed by atoms with Crippen LogP contribution in [0.3, 0.4) is 0 Å². The Labute approximate surface area is 164 Å². The van der Waals surface area contributed by atoms with Gasteiger partial charge in [0.15, 0.2) is 17.0 Å². The molecule has 10 nitrogen and oxygen atoms in total. The molecule has 3 aromatic heterocycles. The van der Waals surface area contributed by atoms with E-state index >= 15 is 0 Å². The molecule has 4 heterocycles. The van der Waals surface area contributed by atoms with E-state index < -0.39 is 11.7 Å². The van der Waals surface area contributed by atoms with Gasteiger partial charge in [-0.15, -0.1) is 5.10 Å². The summed E-state index contributed by atoms with van der Waals surface area (Å²) in [7, 11) is 1.26. The first-order chi connectivity index (χ1) is 14.0. The van der Waals surface area contributed by atoms with Crippen molar-refractivity contribution in [3.05, 3.63) is 52.8 Å². The Morgan fingerprint density at radius 2 is 2.07 bits per heavy atom. The predicted molar refractivity (Wildman–Crippen MR) is 102 cm³/mol. The summed E-state index contributed by atoms with van der Waals surface area (Å²) in [6, 6.07) is 7.61. The summed E-state index contributed by atoms with van der Waals surface area (Å²) in [4.78, 5) is 29.8. The van der Waals surface area contributed by atoms with Gasteiger partial charge in [0.2, 0.25) is 0 Å². The number of imidazole rings is 1. The highest BCUT2D eigenvalue weighted by atomic mass is 16.5. The van der Waals surface area contributed by atoms with E-state index in [1.807, 2.05) is 31.2 Å². The van der Waals surface area contributed by atoms with Gasteiger partial charge < -0.3 is 9.47 Å². The number of benzene rings is 1. The predicted octanol–water partition coefficient (Wildman–Crippen LogP) is 1.50. The summed E-state index contributed by atoms with van der Waals surface area (Å²) >= 11 is 0. The van der Waals surface area contributed by atoms with Gasteiger partial charge in [0.25, 0.3) is 5.56 Å². The summed E-state index contributed by atoms with van der Waals surface area (Å²) in [5.74, 6) is -0.340. The minimum atomic E-state index is -0.750. The molecule has 0 N–H and O–H groups in total. The van der Waals surface area contributed by atoms with Gasteiger partial charge in [0.05, 0.1) is 24.3 Å². The molecule has 0 spiro atoms. The van der Waals surface area contributed by atoms with Gasteiger partial charge in [-0.05, 0) is 31.9 Å². The van der Waals surface area contributed by atoms with E-state index in [-0.39, 0.29) is 17.1 Å². The highest BCUT2D eigenvalue weighted by Crippen LogP contribution is 2.32. The number of nitrogens with zero attached hydrogens (tertiary/aromatic N) is 6. The normalized spacial score (nSPS) is 19.2. The van der Waals surface area contributed by atoms with Crippen LogP contribution in [-0.2, 0) is 15.2 Å². The Kier molecular flexibility index (Phi) is 3.78. The Bertz CT molecular complexity index is 1310. The zero-order chi connectivity index (χ0) is 20.2. The highest BCUT2D eigenvalue weighted by molar-refractivity contribution is 5.87. The van der Waals surface area contributed by atoms with Crippen molar-refractivity contribution in [2.75, 3.05) is 13.7 Å². The summed E-state index contributed by atoms with van der Waals surface area (Å²) in [5, 5.41) is 7.76. The number of carbonyl (C=O) groups is 1. The maximum absolute atomic E-state index is 13.7. The van der Waals surface area contributed by atoms with Crippen LogP contribution in [0.15, 0.2) is 41.6 Å². The van der Waals surface area contributed by atoms with E-state index in [0.29, 0.717) is 12.1 Å². The maximum Gasteiger partial charge on any atom is 0.360 e. The second-order valence-corrected chi connectivity index (χ2v) is 7.08. The van der Waals surface area contributed by atoms with Gasteiger partial charge >= 0.3 is 5.97 Å². The van der Waals surface area contributed by atoms with Gasteiger partial charge in [0, 0.05) is 6.61 Å². The second kappa shape index (κ2) is 6.24. The summed E-state index contributed by atoms with van der Waals surface area (Å²) in [5.41, 5.74) is 0.913. The molecular formula is C19H18N6O4. The fraction of sp³-hybridized carbons (Fsp3) is 0.316. The van der Waals surface area contributed by atoms with E-state index in [1.54, 1.807) is 15.3 Å². The monoisotopic (exact) mass is 394 g/mol. The van der Waals surface area contributed by atoms with Crippen molar-refractivity contribution in [2.24, 2.45) is 0 Å². The second-order valence-electron chi connectivity index (χ2n) is 7.08. The molecule has 1 unspecified atom stereocenters. The number of methoxy groups -OCH3 is 1. The van der Waals surface area contributed by atoms with Gasteiger partial charge in [0.1, 0.15) is 12.1 Å². The van der Waals surface area contributed by atoms with Crippen LogP contribution in [0.1, 0.15) is 30.3 Å². The van der Waals surface area contributed by atoms with Crippen molar-refractivity contribution in [3.63, 3.8) is 0 Å². The SMILES string of the molecule is COC(=O)c1cn(-c2ncn3c2c(=O)n(C2(C)CCCO2)c2ccccc23)nn1. The van der Waals surface area contributed by atoms with Crippen LogP contribution in [0.25, 0.3) is 22.4 Å². The molecule has 0 amide bonds. The molecule has 0 bridgehead atoms. The van der Waals surface area contributed by atoms with Crippen LogP contribution in [-0.4, -0.2) is 48.6 Å². The number of hydrogen-bond donors (Lipinski definition) is 0. The van der Waals surface area contributed by atoms with Crippen molar-refractivity contribution in [1.82, 2.24) is 28.9 Å². The maximum atomic E-state index is 13.7. The molecule has 148 valence electrons. The van der Waals surface area contributed by atoms with Gasteiger partial charge in [-0.1, -0.05) is 17.3 Å². The fourth-order valence-corrected chi connectivity index (χ4v) is 3.94. The molecule has 0 aliphatic carbocycles. The number of esters is 1. The van der Waals surface area contributed by atoms with E-state index in [2.05, 4.69) is 20.0 Å². The topological polar surface area (TPSA) is 106 Å². The molecule has 1 atom stereocenters. The van der Waals surface area contributed by atoms with Crippen molar-refractivity contribution in [2.45, 2.75) is 25.5 Å². The van der Waals surface area contributed by atoms with Crippen LogP contribution in [0, 0.1) is 0 Å². The van der Waals surface area contributed by atoms with E-state index in [1.165, 1.54) is 18.0 Å². The lowest BCUT2D eigenvalue weighted by Gasteiger charge is -2.28. The van der Waals surface area contributed by atoms with Gasteiger partial charge in [-0.25, -0.2) is 9.78 Å². The smallest absolute Gasteiger partial charge is 0.360 e. The quantitative estimate of drug-likeness (QED) is 0.485. The number of fused-ring (bicyclic) bond motifs is 3. The standard InChI is InChI=1S/C19H18N6O4/c1-19(8-5-9-29-19)25-14-7-4-3-6-13(14)23-11-20-16(15(23)17(25)26)24-10-12(21-22-24)18(27)28-2/h3-4,6-7,10-11H,5,8-9H2,1-2H3. The van der Waals surface area contributed by atoms with Gasteiger partial charge in [-0.3, -0.25) is 13.8 Å². The Hall–Kier alpha value is -3.53. The van der Waals surface area contributed by atoms with E-state index in [4.69, 9.17) is 4.74 Å². The van der Waals surface area contributed by atoms with Crippen molar-refractivity contribution in [1.29, 1.82) is 0 Å². The molecule has 0 saturated carbocycles. The number of ether oxygens (including phenoxy) is 2. The zero-order valence-electron chi connectivity index (χ0n) is 15.9. The first-order valence-electron chi connectivity index (χ1n) is 9.20. The lowest BCUT2D eigenvalue weighted by Crippen LogP contribution is -2.39. The number of carbonyl (C=O) groups excluding carboxylic acids is 1. The number of rotatable bonds is 3. The minimum Gasteiger partial charge on any atom is -0.464 e. The Morgan fingerprint density at radius 1 is 1.28 bits per heavy atom. The van der Waals surface area contributed by atoms with Crippen molar-refractivity contribution >= 4 is 22.5 Å². The summed E-state index contributed by atoms with van der Waals surface area (Å²) in [6.07, 6.45) is 4.56. The average Bonchev–Trinajstić information content (AvgIpc) is 3.47. The molecule has 1 fully saturated rings. The Morgan fingerprint density at radius 3 is 2.79 bits per heavy atom. The van der Waals surface area contributed by atoms with Crippen LogP contribution < -0.4 is 5.56 Å². The first kappa shape index (κ1) is 17.6. The summed E-state index contributed by atoms with van der Waals surface area (Å²) < 4.78 is 15.4. The molecular weight excluding hydrogens is 376 g/mol. The molecule has 1 aliphatic rings. The zero-order valence-corrected chi connectivity index (χ0v) is 15.9.